The summed E-state index contributed by atoms with van der Waals surface area (Å²) in [6, 6.07) is 10.6. The van der Waals surface area contributed by atoms with E-state index >= 15 is 0 Å². The molecule has 1 aromatic carbocycles. The minimum Gasteiger partial charge on any atom is -0.477 e. The summed E-state index contributed by atoms with van der Waals surface area (Å²) in [6.45, 7) is 4.23. The zero-order valence-corrected chi connectivity index (χ0v) is 16.3. The van der Waals surface area contributed by atoms with Crippen molar-refractivity contribution in [2.75, 3.05) is 26.2 Å². The second kappa shape index (κ2) is 7.72. The van der Waals surface area contributed by atoms with Crippen molar-refractivity contribution >= 4 is 17.3 Å². The number of likely N-dealkylation sites (tertiary alicyclic amines) is 1. The standard InChI is InChI=1S/C21H26N2O3S/c22-9-5-15-1-3-16(4-2-15)14-23-10-7-21(8-11-23)19-17(6-12-26-21)13-18(27-19)20(24)25/h1-4,13H,5-12,14,22H2,(H,24,25). The Morgan fingerprint density at radius 2 is 1.93 bits per heavy atom. The van der Waals surface area contributed by atoms with Crippen LogP contribution in [0.1, 0.15) is 44.1 Å². The first-order chi connectivity index (χ1) is 13.1. The lowest BCUT2D eigenvalue weighted by molar-refractivity contribution is -0.0960. The van der Waals surface area contributed by atoms with Crippen LogP contribution < -0.4 is 5.73 Å². The minimum atomic E-state index is -0.833. The largest absolute Gasteiger partial charge is 0.477 e. The first-order valence-electron chi connectivity index (χ1n) is 9.60. The zero-order valence-electron chi connectivity index (χ0n) is 15.4. The molecule has 2 aliphatic rings. The van der Waals surface area contributed by atoms with Crippen molar-refractivity contribution in [3.63, 3.8) is 0 Å². The highest BCUT2D eigenvalue weighted by molar-refractivity contribution is 7.14. The molecule has 0 unspecified atom stereocenters. The number of carbonyl (C=O) groups is 1. The van der Waals surface area contributed by atoms with Crippen LogP contribution in [0.25, 0.3) is 0 Å². The fourth-order valence-electron chi connectivity index (χ4n) is 4.21. The topological polar surface area (TPSA) is 75.8 Å². The summed E-state index contributed by atoms with van der Waals surface area (Å²) in [6.07, 6.45) is 3.58. The van der Waals surface area contributed by atoms with Crippen LogP contribution in [-0.2, 0) is 29.7 Å². The van der Waals surface area contributed by atoms with Crippen molar-refractivity contribution < 1.29 is 14.6 Å². The number of piperidine rings is 1. The fourth-order valence-corrected chi connectivity index (χ4v) is 5.46. The van der Waals surface area contributed by atoms with Crippen molar-refractivity contribution in [2.24, 2.45) is 5.73 Å². The van der Waals surface area contributed by atoms with Gasteiger partial charge in [-0.05, 0) is 55.0 Å². The number of hydrogen-bond acceptors (Lipinski definition) is 5. The molecule has 27 heavy (non-hydrogen) atoms. The van der Waals surface area contributed by atoms with Crippen LogP contribution in [0.4, 0.5) is 0 Å². The predicted octanol–water partition coefficient (Wildman–Crippen LogP) is 3.01. The molecule has 1 saturated heterocycles. The number of fused-ring (bicyclic) bond motifs is 2. The van der Waals surface area contributed by atoms with Crippen LogP contribution in [0.3, 0.4) is 0 Å². The van der Waals surface area contributed by atoms with Gasteiger partial charge in [0.05, 0.1) is 6.61 Å². The molecule has 144 valence electrons. The van der Waals surface area contributed by atoms with E-state index in [1.54, 1.807) is 0 Å². The summed E-state index contributed by atoms with van der Waals surface area (Å²) in [5.41, 5.74) is 9.11. The highest BCUT2D eigenvalue weighted by atomic mass is 32.1. The summed E-state index contributed by atoms with van der Waals surface area (Å²) >= 11 is 1.41. The van der Waals surface area contributed by atoms with Crippen LogP contribution in [0.5, 0.6) is 0 Å². The van der Waals surface area contributed by atoms with Gasteiger partial charge in [0.2, 0.25) is 0 Å². The molecule has 0 bridgehead atoms. The van der Waals surface area contributed by atoms with Crippen LogP contribution in [-0.4, -0.2) is 42.2 Å². The lowest BCUT2D eigenvalue weighted by atomic mass is 9.85. The summed E-state index contributed by atoms with van der Waals surface area (Å²) in [5, 5.41) is 9.33. The molecule has 0 saturated carbocycles. The lowest BCUT2D eigenvalue weighted by Gasteiger charge is -2.43. The van der Waals surface area contributed by atoms with E-state index in [2.05, 4.69) is 29.2 Å². The van der Waals surface area contributed by atoms with Gasteiger partial charge in [-0.1, -0.05) is 24.3 Å². The SMILES string of the molecule is NCCc1ccc(CN2CCC3(CC2)OCCc2cc(C(=O)O)sc23)cc1. The number of thiophene rings is 1. The summed E-state index contributed by atoms with van der Waals surface area (Å²) in [7, 11) is 0. The molecular weight excluding hydrogens is 360 g/mol. The number of carboxylic acids is 1. The van der Waals surface area contributed by atoms with Gasteiger partial charge in [0, 0.05) is 24.5 Å². The third-order valence-electron chi connectivity index (χ3n) is 5.71. The second-order valence-corrected chi connectivity index (χ2v) is 8.55. The molecule has 0 aliphatic carbocycles. The lowest BCUT2D eigenvalue weighted by Crippen LogP contribution is -2.45. The van der Waals surface area contributed by atoms with Crippen molar-refractivity contribution in [3.8, 4) is 0 Å². The van der Waals surface area contributed by atoms with Gasteiger partial charge >= 0.3 is 5.97 Å². The highest BCUT2D eigenvalue weighted by Crippen LogP contribution is 2.45. The maximum atomic E-state index is 11.4. The van der Waals surface area contributed by atoms with E-state index in [0.717, 1.165) is 50.2 Å². The van der Waals surface area contributed by atoms with Crippen LogP contribution in [0.2, 0.25) is 0 Å². The van der Waals surface area contributed by atoms with Gasteiger partial charge in [0.1, 0.15) is 10.5 Å². The first-order valence-corrected chi connectivity index (χ1v) is 10.4. The number of rotatable bonds is 5. The summed E-state index contributed by atoms with van der Waals surface area (Å²) in [5.74, 6) is -0.833. The summed E-state index contributed by atoms with van der Waals surface area (Å²) < 4.78 is 6.25. The van der Waals surface area contributed by atoms with E-state index in [9.17, 15) is 9.90 Å². The Labute approximate surface area is 163 Å². The van der Waals surface area contributed by atoms with E-state index in [1.807, 2.05) is 6.07 Å². The van der Waals surface area contributed by atoms with E-state index in [0.29, 0.717) is 18.0 Å². The fraction of sp³-hybridized carbons (Fsp3) is 0.476. The normalized spacial score (nSPS) is 19.1. The molecule has 0 atom stereocenters. The number of hydrogen-bond donors (Lipinski definition) is 2. The van der Waals surface area contributed by atoms with Crippen molar-refractivity contribution in [3.05, 3.63) is 56.8 Å². The molecule has 0 radical (unpaired) electrons. The predicted molar refractivity (Wildman–Crippen MR) is 106 cm³/mol. The number of nitrogens with two attached hydrogens (primary N) is 1. The number of aromatic carboxylic acids is 1. The quantitative estimate of drug-likeness (QED) is 0.826. The third kappa shape index (κ3) is 3.80. The molecule has 1 fully saturated rings. The molecule has 2 aliphatic heterocycles. The van der Waals surface area contributed by atoms with E-state index < -0.39 is 5.97 Å². The van der Waals surface area contributed by atoms with E-state index in [4.69, 9.17) is 10.5 Å². The van der Waals surface area contributed by atoms with Crippen molar-refractivity contribution in [1.82, 2.24) is 4.90 Å². The van der Waals surface area contributed by atoms with Gasteiger partial charge in [0.25, 0.3) is 0 Å². The second-order valence-electron chi connectivity index (χ2n) is 7.49. The Bertz CT molecular complexity index is 807. The number of nitrogens with zero attached hydrogens (tertiary/aromatic N) is 1. The molecule has 1 aromatic heterocycles. The monoisotopic (exact) mass is 386 g/mol. The zero-order chi connectivity index (χ0) is 18.9. The molecule has 1 spiro atoms. The van der Waals surface area contributed by atoms with Crippen LogP contribution in [0.15, 0.2) is 30.3 Å². The maximum Gasteiger partial charge on any atom is 0.345 e. The first kappa shape index (κ1) is 18.6. The average molecular weight is 387 g/mol. The van der Waals surface area contributed by atoms with Gasteiger partial charge in [-0.15, -0.1) is 11.3 Å². The average Bonchev–Trinajstić information content (AvgIpc) is 3.12. The molecule has 6 heteroatoms. The Balaban J connectivity index is 1.42. The van der Waals surface area contributed by atoms with Gasteiger partial charge < -0.3 is 15.6 Å². The van der Waals surface area contributed by atoms with Gasteiger partial charge in [-0.2, -0.15) is 0 Å². The van der Waals surface area contributed by atoms with E-state index in [-0.39, 0.29) is 5.60 Å². The Kier molecular flexibility index (Phi) is 5.32. The maximum absolute atomic E-state index is 11.4. The van der Waals surface area contributed by atoms with Gasteiger partial charge in [-0.25, -0.2) is 4.79 Å². The smallest absolute Gasteiger partial charge is 0.345 e. The number of benzene rings is 1. The molecule has 4 rings (SSSR count). The molecular formula is C21H26N2O3S. The Hall–Kier alpha value is -1.73. The highest BCUT2D eigenvalue weighted by Gasteiger charge is 2.42. The molecule has 3 N–H and O–H groups in total. The van der Waals surface area contributed by atoms with Crippen molar-refractivity contribution in [1.29, 1.82) is 0 Å². The van der Waals surface area contributed by atoms with E-state index in [1.165, 1.54) is 28.0 Å². The van der Waals surface area contributed by atoms with Crippen LogP contribution in [0, 0.1) is 0 Å². The Morgan fingerprint density at radius 1 is 1.22 bits per heavy atom. The molecule has 0 amide bonds. The molecule has 2 aromatic rings. The minimum absolute atomic E-state index is 0.284. The van der Waals surface area contributed by atoms with Crippen molar-refractivity contribution in [2.45, 2.75) is 37.8 Å². The summed E-state index contributed by atoms with van der Waals surface area (Å²) in [4.78, 5) is 15.4. The molecule has 5 nitrogen and oxygen atoms in total. The number of ether oxygens (including phenoxy) is 1. The molecule has 3 heterocycles. The van der Waals surface area contributed by atoms with Gasteiger partial charge in [0.15, 0.2) is 0 Å². The van der Waals surface area contributed by atoms with Gasteiger partial charge in [-0.3, -0.25) is 4.90 Å². The van der Waals surface area contributed by atoms with Crippen LogP contribution >= 0.6 is 11.3 Å². The number of carboxylic acid groups (broad SMARTS) is 1. The third-order valence-corrected chi connectivity index (χ3v) is 7.06. The Morgan fingerprint density at radius 3 is 2.59 bits per heavy atom.